The van der Waals surface area contributed by atoms with Crippen molar-refractivity contribution in [3.05, 3.63) is 34.9 Å². The summed E-state index contributed by atoms with van der Waals surface area (Å²) in [4.78, 5) is 12.0. The summed E-state index contributed by atoms with van der Waals surface area (Å²) in [5, 5.41) is 0. The Balaban J connectivity index is 2.09. The molecule has 2 nitrogen and oxygen atoms in total. The van der Waals surface area contributed by atoms with Gasteiger partial charge >= 0.3 is 0 Å². The summed E-state index contributed by atoms with van der Waals surface area (Å²) >= 11 is 0. The highest BCUT2D eigenvalue weighted by Crippen LogP contribution is 2.31. The minimum atomic E-state index is -0.515. The van der Waals surface area contributed by atoms with Crippen LogP contribution in [-0.2, 0) is 11.2 Å². The number of Topliss-reactive ketones (excluding diaryl/α,β-unsaturated/α-hetero) is 1. The fourth-order valence-electron chi connectivity index (χ4n) is 2.11. The van der Waals surface area contributed by atoms with E-state index < -0.39 is 5.54 Å². The number of nitrogens with two attached hydrogens (primary N) is 1. The number of carbonyl (C=O) groups is 1. The average Bonchev–Trinajstić information content (AvgIpc) is 2.20. The first-order valence-electron chi connectivity index (χ1n) is 5.90. The van der Waals surface area contributed by atoms with Crippen LogP contribution in [0.1, 0.15) is 36.0 Å². The Morgan fingerprint density at radius 1 is 1.31 bits per heavy atom. The molecule has 0 saturated heterocycles. The zero-order chi connectivity index (χ0) is 11.8. The Morgan fingerprint density at radius 2 is 2.00 bits per heavy atom. The van der Waals surface area contributed by atoms with Gasteiger partial charge in [0, 0.05) is 6.42 Å². The largest absolute Gasteiger partial charge is 0.319 e. The van der Waals surface area contributed by atoms with Gasteiger partial charge in [-0.2, -0.15) is 0 Å². The van der Waals surface area contributed by atoms with Crippen molar-refractivity contribution in [2.75, 3.05) is 0 Å². The first-order chi connectivity index (χ1) is 7.51. The fourth-order valence-corrected chi connectivity index (χ4v) is 2.11. The quantitative estimate of drug-likeness (QED) is 0.844. The van der Waals surface area contributed by atoms with E-state index in [1.54, 1.807) is 0 Å². The third kappa shape index (κ3) is 2.03. The Kier molecular flexibility index (Phi) is 2.85. The van der Waals surface area contributed by atoms with Crippen LogP contribution in [0.15, 0.2) is 18.2 Å². The standard InChI is InChI=1S/C14H19NO/c1-10-4-5-12(8-11(10)2)9-13(16)14(15)6-3-7-14/h4-5,8H,3,6-7,9,15H2,1-2H3. The SMILES string of the molecule is Cc1ccc(CC(=O)C2(N)CCC2)cc1C. The van der Waals surface area contributed by atoms with Crippen molar-refractivity contribution in [3.63, 3.8) is 0 Å². The van der Waals surface area contributed by atoms with Gasteiger partial charge in [0.05, 0.1) is 5.54 Å². The monoisotopic (exact) mass is 217 g/mol. The number of hydrogen-bond donors (Lipinski definition) is 1. The van der Waals surface area contributed by atoms with Crippen molar-refractivity contribution in [3.8, 4) is 0 Å². The maximum Gasteiger partial charge on any atom is 0.156 e. The van der Waals surface area contributed by atoms with Crippen molar-refractivity contribution < 1.29 is 4.79 Å². The molecule has 0 heterocycles. The molecule has 1 saturated carbocycles. The summed E-state index contributed by atoms with van der Waals surface area (Å²) in [6.45, 7) is 4.15. The van der Waals surface area contributed by atoms with E-state index in [0.29, 0.717) is 6.42 Å². The van der Waals surface area contributed by atoms with Gasteiger partial charge in [-0.1, -0.05) is 18.2 Å². The van der Waals surface area contributed by atoms with Gasteiger partial charge < -0.3 is 5.73 Å². The van der Waals surface area contributed by atoms with Crippen LogP contribution in [0, 0.1) is 13.8 Å². The highest BCUT2D eigenvalue weighted by atomic mass is 16.1. The van der Waals surface area contributed by atoms with Crippen LogP contribution < -0.4 is 5.73 Å². The van der Waals surface area contributed by atoms with E-state index >= 15 is 0 Å². The number of aryl methyl sites for hydroxylation is 2. The van der Waals surface area contributed by atoms with Crippen LogP contribution in [-0.4, -0.2) is 11.3 Å². The molecule has 0 radical (unpaired) electrons. The van der Waals surface area contributed by atoms with E-state index in [1.807, 2.05) is 6.07 Å². The van der Waals surface area contributed by atoms with Crippen LogP contribution in [0.2, 0.25) is 0 Å². The molecule has 86 valence electrons. The lowest BCUT2D eigenvalue weighted by Gasteiger charge is -2.36. The first-order valence-corrected chi connectivity index (χ1v) is 5.90. The summed E-state index contributed by atoms with van der Waals surface area (Å²) in [5.41, 5.74) is 9.09. The minimum Gasteiger partial charge on any atom is -0.319 e. The third-order valence-electron chi connectivity index (χ3n) is 3.74. The van der Waals surface area contributed by atoms with Crippen LogP contribution in [0.5, 0.6) is 0 Å². The predicted molar refractivity (Wildman–Crippen MR) is 65.4 cm³/mol. The molecule has 2 heteroatoms. The van der Waals surface area contributed by atoms with E-state index in [0.717, 1.165) is 24.8 Å². The van der Waals surface area contributed by atoms with Crippen molar-refractivity contribution in [2.45, 2.75) is 45.1 Å². The average molecular weight is 217 g/mol. The number of benzene rings is 1. The molecule has 0 amide bonds. The van der Waals surface area contributed by atoms with Gasteiger partial charge in [0.25, 0.3) is 0 Å². The zero-order valence-corrected chi connectivity index (χ0v) is 10.0. The number of hydrogen-bond acceptors (Lipinski definition) is 2. The van der Waals surface area contributed by atoms with E-state index in [2.05, 4.69) is 26.0 Å². The maximum atomic E-state index is 12.0. The zero-order valence-electron chi connectivity index (χ0n) is 10.0. The topological polar surface area (TPSA) is 43.1 Å². The van der Waals surface area contributed by atoms with Crippen molar-refractivity contribution in [1.82, 2.24) is 0 Å². The summed E-state index contributed by atoms with van der Waals surface area (Å²) in [5.74, 6) is 0.196. The molecule has 1 aromatic rings. The van der Waals surface area contributed by atoms with Gasteiger partial charge in [-0.3, -0.25) is 4.79 Å². The fraction of sp³-hybridized carbons (Fsp3) is 0.500. The van der Waals surface area contributed by atoms with Gasteiger partial charge in [-0.05, 0) is 49.8 Å². The molecule has 0 spiro atoms. The molecule has 0 aromatic heterocycles. The van der Waals surface area contributed by atoms with E-state index in [-0.39, 0.29) is 5.78 Å². The highest BCUT2D eigenvalue weighted by Gasteiger charge is 2.39. The van der Waals surface area contributed by atoms with E-state index in [9.17, 15) is 4.79 Å². The lowest BCUT2D eigenvalue weighted by Crippen LogP contribution is -2.54. The molecule has 1 aromatic carbocycles. The second-order valence-electron chi connectivity index (χ2n) is 5.03. The van der Waals surface area contributed by atoms with Gasteiger partial charge in [0.2, 0.25) is 0 Å². The molecule has 0 atom stereocenters. The summed E-state index contributed by atoms with van der Waals surface area (Å²) in [6, 6.07) is 6.19. The third-order valence-corrected chi connectivity index (χ3v) is 3.74. The van der Waals surface area contributed by atoms with Crippen LogP contribution in [0.4, 0.5) is 0 Å². The van der Waals surface area contributed by atoms with Crippen LogP contribution in [0.3, 0.4) is 0 Å². The molecule has 0 unspecified atom stereocenters. The summed E-state index contributed by atoms with van der Waals surface area (Å²) < 4.78 is 0. The molecule has 16 heavy (non-hydrogen) atoms. The van der Waals surface area contributed by atoms with Gasteiger partial charge in [-0.15, -0.1) is 0 Å². The van der Waals surface area contributed by atoms with Crippen molar-refractivity contribution >= 4 is 5.78 Å². The minimum absolute atomic E-state index is 0.196. The summed E-state index contributed by atoms with van der Waals surface area (Å²) in [7, 11) is 0. The van der Waals surface area contributed by atoms with Crippen molar-refractivity contribution in [1.29, 1.82) is 0 Å². The number of carbonyl (C=O) groups excluding carboxylic acids is 1. The molecular weight excluding hydrogens is 198 g/mol. The van der Waals surface area contributed by atoms with Crippen LogP contribution >= 0.6 is 0 Å². The maximum absolute atomic E-state index is 12.0. The Morgan fingerprint density at radius 3 is 2.50 bits per heavy atom. The molecule has 1 aliphatic carbocycles. The number of rotatable bonds is 3. The molecule has 1 fully saturated rings. The van der Waals surface area contributed by atoms with E-state index in [1.165, 1.54) is 11.1 Å². The lowest BCUT2D eigenvalue weighted by molar-refractivity contribution is -0.126. The predicted octanol–water partition coefficient (Wildman–Crippen LogP) is 2.30. The molecular formula is C14H19NO. The molecule has 2 N–H and O–H groups in total. The van der Waals surface area contributed by atoms with Gasteiger partial charge in [-0.25, -0.2) is 0 Å². The molecule has 1 aliphatic rings. The van der Waals surface area contributed by atoms with Gasteiger partial charge in [0.1, 0.15) is 0 Å². The lowest BCUT2D eigenvalue weighted by atomic mass is 9.73. The highest BCUT2D eigenvalue weighted by molar-refractivity contribution is 5.90. The smallest absolute Gasteiger partial charge is 0.156 e. The second kappa shape index (κ2) is 4.02. The normalized spacial score (nSPS) is 17.9. The Bertz CT molecular complexity index is 419. The molecule has 0 bridgehead atoms. The van der Waals surface area contributed by atoms with Crippen molar-refractivity contribution in [2.24, 2.45) is 5.73 Å². The summed E-state index contributed by atoms with van der Waals surface area (Å²) in [6.07, 6.45) is 3.29. The first kappa shape index (κ1) is 11.3. The number of ketones is 1. The molecule has 0 aliphatic heterocycles. The van der Waals surface area contributed by atoms with Gasteiger partial charge in [0.15, 0.2) is 5.78 Å². The second-order valence-corrected chi connectivity index (χ2v) is 5.03. The molecule has 2 rings (SSSR count). The Labute approximate surface area is 96.8 Å². The van der Waals surface area contributed by atoms with E-state index in [4.69, 9.17) is 5.73 Å². The Hall–Kier alpha value is -1.15. The van der Waals surface area contributed by atoms with Crippen LogP contribution in [0.25, 0.3) is 0 Å².